The Labute approximate surface area is 134 Å². The second kappa shape index (κ2) is 7.40. The smallest absolute Gasteiger partial charge is 0.303 e. The minimum Gasteiger partial charge on any atom is -0.493 e. The van der Waals surface area contributed by atoms with Crippen molar-refractivity contribution in [1.29, 1.82) is 0 Å². The fourth-order valence-corrected chi connectivity index (χ4v) is 3.16. The van der Waals surface area contributed by atoms with Gasteiger partial charge in [-0.05, 0) is 50.5 Å². The second-order valence-corrected chi connectivity index (χ2v) is 6.52. The Morgan fingerprint density at radius 3 is 2.68 bits per heavy atom. The maximum absolute atomic E-state index is 10.6. The zero-order chi connectivity index (χ0) is 16.1. The minimum atomic E-state index is -0.771. The van der Waals surface area contributed by atoms with E-state index in [4.69, 9.17) is 9.84 Å². The van der Waals surface area contributed by atoms with Gasteiger partial charge in [-0.3, -0.25) is 4.79 Å². The number of aromatic nitrogens is 1. The van der Waals surface area contributed by atoms with Crippen molar-refractivity contribution in [3.8, 4) is 5.75 Å². The van der Waals surface area contributed by atoms with Crippen molar-refractivity contribution in [3.05, 3.63) is 44.9 Å². The van der Waals surface area contributed by atoms with Crippen molar-refractivity contribution in [2.45, 2.75) is 40.0 Å². The van der Waals surface area contributed by atoms with Crippen molar-refractivity contribution in [2.24, 2.45) is 0 Å². The van der Waals surface area contributed by atoms with E-state index in [1.165, 1.54) is 11.1 Å². The Kier molecular flexibility index (Phi) is 5.55. The summed E-state index contributed by atoms with van der Waals surface area (Å²) < 4.78 is 5.77. The SMILES string of the molecule is Cc1ccc(OCCc2nc(C)c(CCC(=O)O)s2)cc1C. The average Bonchev–Trinajstić information content (AvgIpc) is 2.81. The van der Waals surface area contributed by atoms with E-state index in [0.717, 1.165) is 27.7 Å². The summed E-state index contributed by atoms with van der Waals surface area (Å²) in [5, 5.41) is 9.75. The van der Waals surface area contributed by atoms with Crippen molar-refractivity contribution in [1.82, 2.24) is 4.98 Å². The molecule has 4 nitrogen and oxygen atoms in total. The van der Waals surface area contributed by atoms with Crippen LogP contribution in [-0.4, -0.2) is 22.7 Å². The highest BCUT2D eigenvalue weighted by molar-refractivity contribution is 7.11. The van der Waals surface area contributed by atoms with Crippen LogP contribution in [0.25, 0.3) is 0 Å². The maximum Gasteiger partial charge on any atom is 0.303 e. The lowest BCUT2D eigenvalue weighted by atomic mass is 10.1. The third-order valence-electron chi connectivity index (χ3n) is 3.57. The lowest BCUT2D eigenvalue weighted by Gasteiger charge is -2.07. The van der Waals surface area contributed by atoms with Crippen LogP contribution in [0.5, 0.6) is 5.75 Å². The van der Waals surface area contributed by atoms with Crippen molar-refractivity contribution >= 4 is 17.3 Å². The molecule has 1 heterocycles. The van der Waals surface area contributed by atoms with E-state index in [0.29, 0.717) is 13.0 Å². The van der Waals surface area contributed by atoms with E-state index in [-0.39, 0.29) is 6.42 Å². The number of rotatable bonds is 7. The molecule has 0 aliphatic carbocycles. The summed E-state index contributed by atoms with van der Waals surface area (Å²) in [6.45, 7) is 6.66. The highest BCUT2D eigenvalue weighted by Crippen LogP contribution is 2.21. The molecule has 22 heavy (non-hydrogen) atoms. The molecule has 118 valence electrons. The van der Waals surface area contributed by atoms with Crippen LogP contribution in [0.15, 0.2) is 18.2 Å². The van der Waals surface area contributed by atoms with Crippen LogP contribution < -0.4 is 4.74 Å². The molecule has 2 aromatic rings. The first-order valence-corrected chi connectivity index (χ1v) is 8.14. The molecular weight excluding hydrogens is 298 g/mol. The van der Waals surface area contributed by atoms with Gasteiger partial charge in [0.2, 0.25) is 0 Å². The molecule has 1 aromatic heterocycles. The number of nitrogens with zero attached hydrogens (tertiary/aromatic N) is 1. The number of hydrogen-bond donors (Lipinski definition) is 1. The van der Waals surface area contributed by atoms with Crippen LogP contribution in [0.2, 0.25) is 0 Å². The van der Waals surface area contributed by atoms with Gasteiger partial charge < -0.3 is 9.84 Å². The standard InChI is InChI=1S/C17H21NO3S/c1-11-4-5-14(10-12(11)2)21-9-8-16-18-13(3)15(22-16)6-7-17(19)20/h4-5,10H,6-9H2,1-3H3,(H,19,20). The Bertz CT molecular complexity index is 664. The normalized spacial score (nSPS) is 10.7. The van der Waals surface area contributed by atoms with Gasteiger partial charge in [0.05, 0.1) is 23.7 Å². The summed E-state index contributed by atoms with van der Waals surface area (Å²) in [5.41, 5.74) is 3.41. The van der Waals surface area contributed by atoms with Crippen LogP contribution in [0.4, 0.5) is 0 Å². The van der Waals surface area contributed by atoms with E-state index in [2.05, 4.69) is 24.9 Å². The first-order valence-electron chi connectivity index (χ1n) is 7.32. The maximum atomic E-state index is 10.6. The molecular formula is C17H21NO3S. The van der Waals surface area contributed by atoms with Gasteiger partial charge in [0.1, 0.15) is 5.75 Å². The van der Waals surface area contributed by atoms with E-state index in [1.807, 2.05) is 19.1 Å². The number of carbonyl (C=O) groups is 1. The molecule has 0 radical (unpaired) electrons. The van der Waals surface area contributed by atoms with Crippen LogP contribution >= 0.6 is 11.3 Å². The highest BCUT2D eigenvalue weighted by Gasteiger charge is 2.09. The number of aliphatic carboxylic acids is 1. The third-order valence-corrected chi connectivity index (χ3v) is 4.84. The fourth-order valence-electron chi connectivity index (χ4n) is 2.11. The monoisotopic (exact) mass is 319 g/mol. The lowest BCUT2D eigenvalue weighted by molar-refractivity contribution is -0.136. The summed E-state index contributed by atoms with van der Waals surface area (Å²) >= 11 is 1.59. The topological polar surface area (TPSA) is 59.4 Å². The van der Waals surface area contributed by atoms with Crippen LogP contribution in [0.3, 0.4) is 0 Å². The highest BCUT2D eigenvalue weighted by atomic mass is 32.1. The van der Waals surface area contributed by atoms with E-state index in [1.54, 1.807) is 11.3 Å². The van der Waals surface area contributed by atoms with Gasteiger partial charge >= 0.3 is 5.97 Å². The predicted molar refractivity (Wildman–Crippen MR) is 87.9 cm³/mol. The molecule has 2 rings (SSSR count). The lowest BCUT2D eigenvalue weighted by Crippen LogP contribution is -2.01. The number of hydrogen-bond acceptors (Lipinski definition) is 4. The molecule has 1 N–H and O–H groups in total. The Hall–Kier alpha value is -1.88. The fraction of sp³-hybridized carbons (Fsp3) is 0.412. The first-order chi connectivity index (χ1) is 10.5. The van der Waals surface area contributed by atoms with Gasteiger partial charge in [0, 0.05) is 11.3 Å². The molecule has 0 bridgehead atoms. The molecule has 0 fully saturated rings. The number of aryl methyl sites for hydroxylation is 4. The van der Waals surface area contributed by atoms with Crippen molar-refractivity contribution in [2.75, 3.05) is 6.61 Å². The number of carboxylic acid groups (broad SMARTS) is 1. The predicted octanol–water partition coefficient (Wildman–Crippen LogP) is 3.71. The molecule has 0 saturated heterocycles. The van der Waals surface area contributed by atoms with Gasteiger partial charge in [-0.15, -0.1) is 11.3 Å². The van der Waals surface area contributed by atoms with Gasteiger partial charge in [-0.25, -0.2) is 4.98 Å². The summed E-state index contributed by atoms with van der Waals surface area (Å²) in [4.78, 5) is 16.2. The number of carboxylic acids is 1. The van der Waals surface area contributed by atoms with E-state index in [9.17, 15) is 4.79 Å². The van der Waals surface area contributed by atoms with Gasteiger partial charge in [-0.2, -0.15) is 0 Å². The van der Waals surface area contributed by atoms with E-state index >= 15 is 0 Å². The van der Waals surface area contributed by atoms with Crippen LogP contribution in [0.1, 0.15) is 33.1 Å². The number of benzene rings is 1. The largest absolute Gasteiger partial charge is 0.493 e. The Morgan fingerprint density at radius 2 is 2.00 bits per heavy atom. The van der Waals surface area contributed by atoms with Crippen molar-refractivity contribution < 1.29 is 14.6 Å². The van der Waals surface area contributed by atoms with Gasteiger partial charge in [0.25, 0.3) is 0 Å². The summed E-state index contributed by atoms with van der Waals surface area (Å²) in [5.74, 6) is 0.106. The molecule has 0 spiro atoms. The Balaban J connectivity index is 1.87. The number of thiazole rings is 1. The molecule has 0 aliphatic rings. The van der Waals surface area contributed by atoms with Gasteiger partial charge in [-0.1, -0.05) is 6.07 Å². The summed E-state index contributed by atoms with van der Waals surface area (Å²) in [6, 6.07) is 6.08. The second-order valence-electron chi connectivity index (χ2n) is 5.35. The third kappa shape index (κ3) is 4.56. The van der Waals surface area contributed by atoms with Crippen molar-refractivity contribution in [3.63, 3.8) is 0 Å². The zero-order valence-electron chi connectivity index (χ0n) is 13.2. The molecule has 0 saturated carbocycles. The molecule has 5 heteroatoms. The van der Waals surface area contributed by atoms with Crippen LogP contribution in [-0.2, 0) is 17.6 Å². The van der Waals surface area contributed by atoms with Gasteiger partial charge in [0.15, 0.2) is 0 Å². The van der Waals surface area contributed by atoms with E-state index < -0.39 is 5.97 Å². The molecule has 0 amide bonds. The minimum absolute atomic E-state index is 0.154. The molecule has 0 aliphatic heterocycles. The average molecular weight is 319 g/mol. The summed E-state index contributed by atoms with van der Waals surface area (Å²) in [7, 11) is 0. The zero-order valence-corrected chi connectivity index (χ0v) is 14.0. The molecule has 0 atom stereocenters. The first kappa shape index (κ1) is 16.5. The molecule has 1 aromatic carbocycles. The molecule has 0 unspecified atom stereocenters. The quantitative estimate of drug-likeness (QED) is 0.845. The van der Waals surface area contributed by atoms with Crippen LogP contribution in [0, 0.1) is 20.8 Å². The Morgan fingerprint density at radius 1 is 1.23 bits per heavy atom. The number of ether oxygens (including phenoxy) is 1. The summed E-state index contributed by atoms with van der Waals surface area (Å²) in [6.07, 6.45) is 1.45.